The lowest BCUT2D eigenvalue weighted by Gasteiger charge is -2.31. The Hall–Kier alpha value is -0.0800. The molecule has 0 aliphatic heterocycles. The Kier molecular flexibility index (Phi) is 5.62. The zero-order valence-electron chi connectivity index (χ0n) is 10.6. The van der Waals surface area contributed by atoms with E-state index in [-0.39, 0.29) is 0 Å². The van der Waals surface area contributed by atoms with Crippen LogP contribution in [-0.4, -0.2) is 6.04 Å². The van der Waals surface area contributed by atoms with E-state index in [1.807, 2.05) is 0 Å². The van der Waals surface area contributed by atoms with E-state index in [0.717, 1.165) is 11.8 Å². The van der Waals surface area contributed by atoms with Gasteiger partial charge in [-0.1, -0.05) is 52.9 Å². The first-order chi connectivity index (χ1) is 7.15. The van der Waals surface area contributed by atoms with E-state index in [2.05, 4.69) is 26.2 Å². The molecule has 0 saturated heterocycles. The van der Waals surface area contributed by atoms with Crippen LogP contribution in [0, 0.1) is 17.8 Å². The molecule has 2 nitrogen and oxygen atoms in total. The van der Waals surface area contributed by atoms with Crippen molar-refractivity contribution in [2.24, 2.45) is 23.6 Å². The van der Waals surface area contributed by atoms with Gasteiger partial charge in [0.25, 0.3) is 0 Å². The van der Waals surface area contributed by atoms with Crippen LogP contribution in [0.4, 0.5) is 0 Å². The van der Waals surface area contributed by atoms with Gasteiger partial charge >= 0.3 is 0 Å². The molecule has 0 heterocycles. The molecule has 2 heteroatoms. The van der Waals surface area contributed by atoms with Crippen molar-refractivity contribution >= 4 is 0 Å². The van der Waals surface area contributed by atoms with Crippen LogP contribution < -0.4 is 11.3 Å². The van der Waals surface area contributed by atoms with Crippen LogP contribution in [0.3, 0.4) is 0 Å². The molecular formula is C13H28N2. The van der Waals surface area contributed by atoms with Gasteiger partial charge in [0.2, 0.25) is 0 Å². The Morgan fingerprint density at radius 1 is 1.13 bits per heavy atom. The smallest absolute Gasteiger partial charge is 0.0241 e. The largest absolute Gasteiger partial charge is 0.271 e. The molecule has 2 unspecified atom stereocenters. The number of hydrogen-bond donors (Lipinski definition) is 2. The lowest BCUT2D eigenvalue weighted by Crippen LogP contribution is -2.43. The Balaban J connectivity index is 2.37. The molecule has 0 spiro atoms. The van der Waals surface area contributed by atoms with E-state index in [0.29, 0.717) is 12.0 Å². The molecule has 15 heavy (non-hydrogen) atoms. The highest BCUT2D eigenvalue weighted by atomic mass is 15.2. The first-order valence-electron chi connectivity index (χ1n) is 6.61. The second-order valence-electron chi connectivity index (χ2n) is 5.62. The maximum absolute atomic E-state index is 5.68. The molecular weight excluding hydrogens is 184 g/mol. The average molecular weight is 212 g/mol. The molecule has 90 valence electrons. The fraction of sp³-hybridized carbons (Fsp3) is 1.00. The number of rotatable bonds is 5. The van der Waals surface area contributed by atoms with E-state index in [4.69, 9.17) is 5.84 Å². The third-order valence-corrected chi connectivity index (χ3v) is 4.21. The monoisotopic (exact) mass is 212 g/mol. The van der Waals surface area contributed by atoms with Gasteiger partial charge in [-0.3, -0.25) is 11.3 Å². The lowest BCUT2D eigenvalue weighted by molar-refractivity contribution is 0.227. The van der Waals surface area contributed by atoms with Gasteiger partial charge in [0.05, 0.1) is 0 Å². The van der Waals surface area contributed by atoms with E-state index in [1.165, 1.54) is 38.5 Å². The van der Waals surface area contributed by atoms with Crippen LogP contribution in [0.25, 0.3) is 0 Å². The van der Waals surface area contributed by atoms with Gasteiger partial charge < -0.3 is 0 Å². The minimum Gasteiger partial charge on any atom is -0.271 e. The summed E-state index contributed by atoms with van der Waals surface area (Å²) in [5.41, 5.74) is 3.03. The fourth-order valence-corrected chi connectivity index (χ4v) is 2.68. The summed E-state index contributed by atoms with van der Waals surface area (Å²) in [6.07, 6.45) is 8.41. The predicted octanol–water partition coefficient (Wildman–Crippen LogP) is 3.08. The second-order valence-corrected chi connectivity index (χ2v) is 5.62. The van der Waals surface area contributed by atoms with E-state index in [9.17, 15) is 0 Å². The molecule has 0 amide bonds. The van der Waals surface area contributed by atoms with Gasteiger partial charge in [0.15, 0.2) is 0 Å². The summed E-state index contributed by atoms with van der Waals surface area (Å²) >= 11 is 0. The van der Waals surface area contributed by atoms with Crippen molar-refractivity contribution in [1.82, 2.24) is 5.43 Å². The summed E-state index contributed by atoms with van der Waals surface area (Å²) in [5.74, 6) is 7.99. The van der Waals surface area contributed by atoms with Crippen LogP contribution >= 0.6 is 0 Å². The molecule has 1 fully saturated rings. The summed E-state index contributed by atoms with van der Waals surface area (Å²) < 4.78 is 0. The van der Waals surface area contributed by atoms with Crippen LogP contribution in [0.5, 0.6) is 0 Å². The molecule has 3 N–H and O–H groups in total. The Morgan fingerprint density at radius 3 is 2.20 bits per heavy atom. The van der Waals surface area contributed by atoms with Gasteiger partial charge in [0, 0.05) is 6.04 Å². The van der Waals surface area contributed by atoms with Crippen LogP contribution in [-0.2, 0) is 0 Å². The number of nitrogens with two attached hydrogens (primary N) is 1. The maximum Gasteiger partial charge on any atom is 0.0241 e. The van der Waals surface area contributed by atoms with Gasteiger partial charge in [-0.05, 0) is 24.2 Å². The zero-order chi connectivity index (χ0) is 11.3. The molecule has 0 aromatic carbocycles. The molecule has 1 aliphatic rings. The molecule has 1 aliphatic carbocycles. The quantitative estimate of drug-likeness (QED) is 0.543. The Morgan fingerprint density at radius 2 is 1.73 bits per heavy atom. The van der Waals surface area contributed by atoms with Gasteiger partial charge in [-0.15, -0.1) is 0 Å². The second kappa shape index (κ2) is 6.49. The molecule has 0 radical (unpaired) electrons. The van der Waals surface area contributed by atoms with Crippen molar-refractivity contribution in [3.8, 4) is 0 Å². The highest BCUT2D eigenvalue weighted by Gasteiger charge is 2.23. The molecule has 2 atom stereocenters. The third-order valence-electron chi connectivity index (χ3n) is 4.21. The zero-order valence-corrected chi connectivity index (χ0v) is 10.6. The first kappa shape index (κ1) is 13.0. The Labute approximate surface area is 95.0 Å². The summed E-state index contributed by atoms with van der Waals surface area (Å²) in [7, 11) is 0. The van der Waals surface area contributed by atoms with Gasteiger partial charge in [-0.25, -0.2) is 0 Å². The summed E-state index contributed by atoms with van der Waals surface area (Å²) in [5, 5.41) is 0. The molecule has 1 rings (SSSR count). The van der Waals surface area contributed by atoms with Crippen LogP contribution in [0.15, 0.2) is 0 Å². The first-order valence-corrected chi connectivity index (χ1v) is 6.61. The van der Waals surface area contributed by atoms with E-state index in [1.54, 1.807) is 0 Å². The summed E-state index contributed by atoms with van der Waals surface area (Å²) in [6.45, 7) is 6.89. The van der Waals surface area contributed by atoms with Crippen LogP contribution in [0.1, 0.15) is 59.3 Å². The van der Waals surface area contributed by atoms with Crippen molar-refractivity contribution in [2.75, 3.05) is 0 Å². The molecule has 0 aromatic heterocycles. The number of hydrazine groups is 1. The van der Waals surface area contributed by atoms with Gasteiger partial charge in [0.1, 0.15) is 0 Å². The van der Waals surface area contributed by atoms with Crippen molar-refractivity contribution in [3.63, 3.8) is 0 Å². The van der Waals surface area contributed by atoms with E-state index >= 15 is 0 Å². The van der Waals surface area contributed by atoms with Gasteiger partial charge in [-0.2, -0.15) is 0 Å². The SMILES string of the molecule is CC(C)C(C)C(CC1CCCCC1)NN. The molecule has 1 saturated carbocycles. The molecule has 0 aromatic rings. The molecule has 0 bridgehead atoms. The maximum atomic E-state index is 5.68. The van der Waals surface area contributed by atoms with E-state index < -0.39 is 0 Å². The van der Waals surface area contributed by atoms with Crippen molar-refractivity contribution in [3.05, 3.63) is 0 Å². The lowest BCUT2D eigenvalue weighted by atomic mass is 9.80. The van der Waals surface area contributed by atoms with Crippen molar-refractivity contribution in [1.29, 1.82) is 0 Å². The van der Waals surface area contributed by atoms with Crippen molar-refractivity contribution in [2.45, 2.75) is 65.3 Å². The normalized spacial score (nSPS) is 23.0. The minimum atomic E-state index is 0.507. The fourth-order valence-electron chi connectivity index (χ4n) is 2.68. The average Bonchev–Trinajstić information content (AvgIpc) is 2.26. The number of hydrogen-bond acceptors (Lipinski definition) is 2. The Bertz CT molecular complexity index is 162. The minimum absolute atomic E-state index is 0.507. The highest BCUT2D eigenvalue weighted by Crippen LogP contribution is 2.30. The summed E-state index contributed by atoms with van der Waals surface area (Å²) in [4.78, 5) is 0. The topological polar surface area (TPSA) is 38.0 Å². The van der Waals surface area contributed by atoms with Crippen molar-refractivity contribution < 1.29 is 0 Å². The third kappa shape index (κ3) is 4.12. The predicted molar refractivity (Wildman–Crippen MR) is 66.3 cm³/mol. The summed E-state index contributed by atoms with van der Waals surface area (Å²) in [6, 6.07) is 0.507. The number of nitrogens with one attached hydrogen (secondary N) is 1. The standard InChI is InChI=1S/C13H28N2/c1-10(2)11(3)13(15-14)9-12-7-5-4-6-8-12/h10-13,15H,4-9,14H2,1-3H3. The van der Waals surface area contributed by atoms with Crippen LogP contribution in [0.2, 0.25) is 0 Å². The highest BCUT2D eigenvalue weighted by molar-refractivity contribution is 4.78.